The number of aromatic amines is 1. The minimum absolute atomic E-state index is 0.00926. The highest BCUT2D eigenvalue weighted by atomic mass is 16.5. The second-order valence-corrected chi connectivity index (χ2v) is 9.55. The fourth-order valence-electron chi connectivity index (χ4n) is 5.85. The lowest BCUT2D eigenvalue weighted by atomic mass is 9.86. The number of quaternary nitrogens is 1. The van der Waals surface area contributed by atoms with E-state index in [1.54, 1.807) is 12.0 Å². The Morgan fingerprint density at radius 3 is 2.57 bits per heavy atom. The molecule has 2 aromatic carbocycles. The molecule has 0 spiro atoms. The molecule has 35 heavy (non-hydrogen) atoms. The number of H-pyrrole nitrogens is 1. The average Bonchev–Trinajstić information content (AvgIpc) is 3.26. The first-order chi connectivity index (χ1) is 17.1. The quantitative estimate of drug-likeness (QED) is 0.525. The van der Waals surface area contributed by atoms with Crippen molar-refractivity contribution in [2.24, 2.45) is 0 Å². The van der Waals surface area contributed by atoms with E-state index in [1.807, 2.05) is 41.3 Å². The van der Waals surface area contributed by atoms with Crippen LogP contribution in [0.15, 0.2) is 48.5 Å². The van der Waals surface area contributed by atoms with Crippen molar-refractivity contribution in [1.82, 2.24) is 14.8 Å². The molecule has 2 amide bonds. The summed E-state index contributed by atoms with van der Waals surface area (Å²) < 4.78 is 5.70. The van der Waals surface area contributed by atoms with Gasteiger partial charge in [-0.2, -0.15) is 0 Å². The number of hydrogen-bond donors (Lipinski definition) is 2. The highest BCUT2D eigenvalue weighted by molar-refractivity contribution is 5.97. The lowest BCUT2D eigenvalue weighted by Crippen LogP contribution is -3.11. The zero-order chi connectivity index (χ0) is 24.5. The number of hydrogen-bond acceptors (Lipinski definition) is 3. The fraction of sp³-hybridized carbons (Fsp3) is 0.429. The Labute approximate surface area is 206 Å². The van der Waals surface area contributed by atoms with E-state index in [4.69, 9.17) is 4.74 Å². The van der Waals surface area contributed by atoms with E-state index in [0.29, 0.717) is 18.7 Å². The van der Waals surface area contributed by atoms with Crippen LogP contribution in [0.3, 0.4) is 0 Å². The Hall–Kier alpha value is -3.32. The number of benzene rings is 2. The van der Waals surface area contributed by atoms with Gasteiger partial charge in [-0.25, -0.2) is 0 Å². The van der Waals surface area contributed by atoms with E-state index in [0.717, 1.165) is 53.8 Å². The van der Waals surface area contributed by atoms with E-state index < -0.39 is 12.1 Å². The first-order valence-corrected chi connectivity index (χ1v) is 12.7. The Bertz CT molecular complexity index is 1230. The molecule has 2 aliphatic rings. The van der Waals surface area contributed by atoms with Gasteiger partial charge in [0.1, 0.15) is 17.8 Å². The lowest BCUT2D eigenvalue weighted by Gasteiger charge is -2.47. The van der Waals surface area contributed by atoms with E-state index >= 15 is 0 Å². The molecule has 0 unspecified atom stereocenters. The normalized spacial score (nSPS) is 19.9. The molecule has 7 nitrogen and oxygen atoms in total. The van der Waals surface area contributed by atoms with Crippen LogP contribution in [-0.2, 0) is 16.0 Å². The molecule has 0 bridgehead atoms. The summed E-state index contributed by atoms with van der Waals surface area (Å²) in [7, 11) is 1.65. The van der Waals surface area contributed by atoms with Gasteiger partial charge >= 0.3 is 0 Å². The summed E-state index contributed by atoms with van der Waals surface area (Å²) in [6.07, 6.45) is 1.42. The Morgan fingerprint density at radius 1 is 1.06 bits per heavy atom. The lowest BCUT2D eigenvalue weighted by molar-refractivity contribution is -0.896. The third-order valence-electron chi connectivity index (χ3n) is 7.73. The third kappa shape index (κ3) is 4.08. The molecule has 2 atom stereocenters. The predicted octanol–water partition coefficient (Wildman–Crippen LogP) is 2.18. The molecule has 3 aromatic rings. The van der Waals surface area contributed by atoms with Crippen LogP contribution in [0.4, 0.5) is 0 Å². The molecule has 5 rings (SSSR count). The summed E-state index contributed by atoms with van der Waals surface area (Å²) in [4.78, 5) is 36.2. The molecule has 2 N–H and O–H groups in total. The van der Waals surface area contributed by atoms with Gasteiger partial charge in [-0.05, 0) is 31.5 Å². The van der Waals surface area contributed by atoms with Gasteiger partial charge in [-0.15, -0.1) is 0 Å². The van der Waals surface area contributed by atoms with Gasteiger partial charge in [-0.1, -0.05) is 36.4 Å². The van der Waals surface area contributed by atoms with Crippen LogP contribution in [0.25, 0.3) is 10.9 Å². The number of amides is 2. The number of carbonyl (C=O) groups is 2. The van der Waals surface area contributed by atoms with Crippen LogP contribution in [-0.4, -0.2) is 72.5 Å². The summed E-state index contributed by atoms with van der Waals surface area (Å²) in [6.45, 7) is 8.28. The minimum Gasteiger partial charge on any atom is -0.496 e. The van der Waals surface area contributed by atoms with Crippen LogP contribution >= 0.6 is 0 Å². The number of rotatable bonds is 8. The molecule has 0 saturated carbocycles. The average molecular weight is 476 g/mol. The number of aromatic nitrogens is 1. The summed E-state index contributed by atoms with van der Waals surface area (Å²) in [5.74, 6) is 0.757. The number of methoxy groups -OCH3 is 1. The molecule has 0 radical (unpaired) electrons. The van der Waals surface area contributed by atoms with Gasteiger partial charge in [0, 0.05) is 41.5 Å². The van der Waals surface area contributed by atoms with Gasteiger partial charge in [0.15, 0.2) is 0 Å². The van der Waals surface area contributed by atoms with Crippen molar-refractivity contribution in [3.05, 3.63) is 65.4 Å². The van der Waals surface area contributed by atoms with Crippen molar-refractivity contribution >= 4 is 22.7 Å². The van der Waals surface area contributed by atoms with Crippen LogP contribution in [0, 0.1) is 0 Å². The first kappa shape index (κ1) is 23.4. The molecule has 1 aromatic heterocycles. The van der Waals surface area contributed by atoms with Crippen LogP contribution in [0.5, 0.6) is 5.75 Å². The maximum absolute atomic E-state index is 13.8. The Balaban J connectivity index is 1.54. The number of ether oxygens (including phenoxy) is 1. The van der Waals surface area contributed by atoms with E-state index in [1.165, 1.54) is 4.90 Å². The van der Waals surface area contributed by atoms with Gasteiger partial charge in [0.2, 0.25) is 11.8 Å². The highest BCUT2D eigenvalue weighted by Gasteiger charge is 2.48. The minimum atomic E-state index is -0.515. The van der Waals surface area contributed by atoms with Crippen LogP contribution < -0.4 is 9.64 Å². The molecule has 1 fully saturated rings. The number of piperazine rings is 1. The molecule has 1 saturated heterocycles. The zero-order valence-corrected chi connectivity index (χ0v) is 20.8. The van der Waals surface area contributed by atoms with Crippen LogP contribution in [0.2, 0.25) is 0 Å². The molecule has 3 heterocycles. The third-order valence-corrected chi connectivity index (χ3v) is 7.73. The summed E-state index contributed by atoms with van der Waals surface area (Å²) in [5, 5.41) is 1.12. The number of nitrogens with zero attached hydrogens (tertiary/aromatic N) is 2. The Kier molecular flexibility index (Phi) is 6.52. The number of para-hydroxylation sites is 2. The first-order valence-electron chi connectivity index (χ1n) is 12.7. The standard InChI is InChI=1S/C28H34N4O3/c1-4-30(5-2)15-10-16-31-18-25(33)32-23(28(31)34)17-21-19-11-6-8-13-22(19)29-26(21)27(32)20-12-7-9-14-24(20)35-3/h6-9,11-14,23,27,29H,4-5,10,15-18H2,1-3H3/p+1/t23-,27+/m0/s1. The zero-order valence-electron chi connectivity index (χ0n) is 20.8. The van der Waals surface area contributed by atoms with Crippen molar-refractivity contribution in [1.29, 1.82) is 0 Å². The van der Waals surface area contributed by atoms with Gasteiger partial charge in [0.25, 0.3) is 0 Å². The number of nitrogens with one attached hydrogen (secondary N) is 2. The predicted molar refractivity (Wildman–Crippen MR) is 136 cm³/mol. The summed E-state index contributed by atoms with van der Waals surface area (Å²) >= 11 is 0. The van der Waals surface area contributed by atoms with Gasteiger partial charge < -0.3 is 24.4 Å². The van der Waals surface area contributed by atoms with Crippen molar-refractivity contribution < 1.29 is 19.2 Å². The smallest absolute Gasteiger partial charge is 0.246 e. The SMILES string of the molecule is CC[NH+](CC)CCCN1CC(=O)N2[C@H](c3ccccc3OC)c3[nH]c4ccccc4c3C[C@H]2C1=O. The molecule has 2 aliphatic heterocycles. The maximum Gasteiger partial charge on any atom is 0.246 e. The van der Waals surface area contributed by atoms with Crippen molar-refractivity contribution in [3.8, 4) is 5.75 Å². The van der Waals surface area contributed by atoms with E-state index in [-0.39, 0.29) is 18.4 Å². The van der Waals surface area contributed by atoms with E-state index in [2.05, 4.69) is 31.0 Å². The highest BCUT2D eigenvalue weighted by Crippen LogP contribution is 2.44. The monoisotopic (exact) mass is 475 g/mol. The maximum atomic E-state index is 13.8. The molecular weight excluding hydrogens is 440 g/mol. The second-order valence-electron chi connectivity index (χ2n) is 9.55. The van der Waals surface area contributed by atoms with Crippen molar-refractivity contribution in [3.63, 3.8) is 0 Å². The van der Waals surface area contributed by atoms with Gasteiger partial charge in [-0.3, -0.25) is 9.59 Å². The van der Waals surface area contributed by atoms with Crippen molar-refractivity contribution in [2.45, 2.75) is 38.8 Å². The topological polar surface area (TPSA) is 70.1 Å². The summed E-state index contributed by atoms with van der Waals surface area (Å²) in [5.41, 5.74) is 4.02. The van der Waals surface area contributed by atoms with Crippen molar-refractivity contribution in [2.75, 3.05) is 39.8 Å². The molecular formula is C28H35N4O3+. The molecule has 0 aliphatic carbocycles. The molecule has 7 heteroatoms. The molecule has 184 valence electrons. The largest absolute Gasteiger partial charge is 0.496 e. The van der Waals surface area contributed by atoms with Gasteiger partial charge in [0.05, 0.1) is 33.3 Å². The number of carbonyl (C=O) groups excluding carboxylic acids is 2. The summed E-state index contributed by atoms with van der Waals surface area (Å²) in [6, 6.07) is 15.1. The second kappa shape index (κ2) is 9.74. The van der Waals surface area contributed by atoms with Crippen LogP contribution in [0.1, 0.15) is 43.1 Å². The number of fused-ring (bicyclic) bond motifs is 4. The fourth-order valence-corrected chi connectivity index (χ4v) is 5.85. The Morgan fingerprint density at radius 2 is 1.80 bits per heavy atom. The van der Waals surface area contributed by atoms with E-state index in [9.17, 15) is 9.59 Å².